The van der Waals surface area contributed by atoms with Crippen LogP contribution in [0.2, 0.25) is 0 Å². The first kappa shape index (κ1) is 20.3. The van der Waals surface area contributed by atoms with Gasteiger partial charge in [-0.3, -0.25) is 14.9 Å². The lowest BCUT2D eigenvalue weighted by molar-refractivity contribution is -0.384. The van der Waals surface area contributed by atoms with E-state index in [-0.39, 0.29) is 11.3 Å². The highest BCUT2D eigenvalue weighted by Gasteiger charge is 2.23. The Labute approximate surface area is 168 Å². The second kappa shape index (κ2) is 8.30. The van der Waals surface area contributed by atoms with Gasteiger partial charge in [0.25, 0.3) is 11.6 Å². The van der Waals surface area contributed by atoms with Gasteiger partial charge < -0.3 is 15.0 Å². The van der Waals surface area contributed by atoms with Crippen molar-refractivity contribution in [2.45, 2.75) is 32.3 Å². The lowest BCUT2D eigenvalue weighted by Crippen LogP contribution is -2.30. The predicted molar refractivity (Wildman–Crippen MR) is 109 cm³/mol. The molecular weight excluding hydrogens is 374 g/mol. The Morgan fingerprint density at radius 3 is 2.55 bits per heavy atom. The molecule has 0 unspecified atom stereocenters. The number of rotatable bonds is 6. The first-order valence-corrected chi connectivity index (χ1v) is 9.35. The van der Waals surface area contributed by atoms with E-state index in [1.54, 1.807) is 19.0 Å². The molecule has 0 spiro atoms. The van der Waals surface area contributed by atoms with Crippen molar-refractivity contribution in [3.05, 3.63) is 63.2 Å². The first-order valence-electron chi connectivity index (χ1n) is 9.35. The third-order valence-corrected chi connectivity index (χ3v) is 4.91. The number of esters is 1. The second-order valence-electron chi connectivity index (χ2n) is 7.23. The van der Waals surface area contributed by atoms with Gasteiger partial charge in [0.15, 0.2) is 6.10 Å². The van der Waals surface area contributed by atoms with Gasteiger partial charge in [-0.05, 0) is 61.6 Å². The minimum Gasteiger partial charge on any atom is -0.449 e. The molecule has 3 rings (SSSR count). The van der Waals surface area contributed by atoms with Gasteiger partial charge in [0.05, 0.1) is 10.5 Å². The van der Waals surface area contributed by atoms with Crippen LogP contribution in [0.1, 0.15) is 34.8 Å². The summed E-state index contributed by atoms with van der Waals surface area (Å²) in [4.78, 5) is 37.1. The second-order valence-corrected chi connectivity index (χ2v) is 7.23. The smallest absolute Gasteiger partial charge is 0.339 e. The Hall–Kier alpha value is -3.42. The summed E-state index contributed by atoms with van der Waals surface area (Å²) in [6.07, 6.45) is 2.10. The molecule has 0 fully saturated rings. The molecule has 0 aliphatic heterocycles. The molecule has 8 nitrogen and oxygen atoms in total. The molecule has 1 amide bonds. The van der Waals surface area contributed by atoms with Crippen molar-refractivity contribution in [2.24, 2.45) is 0 Å². The highest BCUT2D eigenvalue weighted by molar-refractivity contribution is 5.98. The summed E-state index contributed by atoms with van der Waals surface area (Å²) in [5.41, 5.74) is 3.35. The minimum atomic E-state index is -1.05. The van der Waals surface area contributed by atoms with E-state index in [9.17, 15) is 19.7 Å². The van der Waals surface area contributed by atoms with Gasteiger partial charge >= 0.3 is 5.97 Å². The highest BCUT2D eigenvalue weighted by atomic mass is 16.6. The number of benzene rings is 2. The van der Waals surface area contributed by atoms with E-state index in [0.717, 1.165) is 25.3 Å². The van der Waals surface area contributed by atoms with Gasteiger partial charge in [-0.2, -0.15) is 0 Å². The van der Waals surface area contributed by atoms with E-state index in [2.05, 4.69) is 5.32 Å². The number of ether oxygens (including phenoxy) is 1. The van der Waals surface area contributed by atoms with Gasteiger partial charge in [0.2, 0.25) is 0 Å². The van der Waals surface area contributed by atoms with Crippen LogP contribution in [0, 0.1) is 10.1 Å². The van der Waals surface area contributed by atoms with E-state index < -0.39 is 22.9 Å². The molecule has 1 aliphatic rings. The van der Waals surface area contributed by atoms with Crippen LogP contribution in [0.3, 0.4) is 0 Å². The zero-order valence-electron chi connectivity index (χ0n) is 16.6. The molecule has 152 valence electrons. The van der Waals surface area contributed by atoms with Crippen LogP contribution in [0.4, 0.5) is 17.1 Å². The number of nitrogens with zero attached hydrogens (tertiary/aromatic N) is 2. The maximum absolute atomic E-state index is 12.4. The Bertz CT molecular complexity index is 971. The Kier molecular flexibility index (Phi) is 5.81. The SMILES string of the molecule is C[C@H](OC(=O)c1ccc(N(C)C)c([N+](=O)[O-])c1)C(=O)Nc1ccc2c(c1)CCC2. The molecule has 29 heavy (non-hydrogen) atoms. The van der Waals surface area contributed by atoms with Crippen molar-refractivity contribution in [3.63, 3.8) is 0 Å². The number of carbonyl (C=O) groups excluding carboxylic acids is 2. The van der Waals surface area contributed by atoms with Crippen molar-refractivity contribution < 1.29 is 19.2 Å². The number of fused-ring (bicyclic) bond motifs is 1. The van der Waals surface area contributed by atoms with E-state index in [0.29, 0.717) is 11.4 Å². The summed E-state index contributed by atoms with van der Waals surface area (Å²) in [5.74, 6) is -1.26. The number of aryl methyl sites for hydroxylation is 2. The third kappa shape index (κ3) is 4.53. The molecule has 1 atom stereocenters. The maximum Gasteiger partial charge on any atom is 0.339 e. The zero-order chi connectivity index (χ0) is 21.1. The van der Waals surface area contributed by atoms with Crippen molar-refractivity contribution in [1.29, 1.82) is 0 Å². The maximum atomic E-state index is 12.4. The zero-order valence-corrected chi connectivity index (χ0v) is 16.6. The van der Waals surface area contributed by atoms with E-state index >= 15 is 0 Å². The number of nitro benzene ring substituents is 1. The van der Waals surface area contributed by atoms with Gasteiger partial charge in [-0.15, -0.1) is 0 Å². The number of hydrogen-bond donors (Lipinski definition) is 1. The van der Waals surface area contributed by atoms with Gasteiger partial charge in [-0.25, -0.2) is 4.79 Å². The average molecular weight is 397 g/mol. The average Bonchev–Trinajstić information content (AvgIpc) is 3.15. The summed E-state index contributed by atoms with van der Waals surface area (Å²) < 4.78 is 5.21. The monoisotopic (exact) mass is 397 g/mol. The van der Waals surface area contributed by atoms with Crippen molar-refractivity contribution in [1.82, 2.24) is 0 Å². The first-order chi connectivity index (χ1) is 13.8. The molecule has 1 aliphatic carbocycles. The molecule has 0 saturated carbocycles. The number of anilines is 2. The number of carbonyl (C=O) groups is 2. The summed E-state index contributed by atoms with van der Waals surface area (Å²) >= 11 is 0. The standard InChI is InChI=1S/C21H23N3O5/c1-13(20(25)22-17-9-7-14-5-4-6-15(14)11-17)29-21(26)16-8-10-18(23(2)3)19(12-16)24(27)28/h7-13H,4-6H2,1-3H3,(H,22,25)/t13-/m0/s1. The molecule has 8 heteroatoms. The normalized spacial score (nSPS) is 13.3. The summed E-state index contributed by atoms with van der Waals surface area (Å²) in [7, 11) is 3.34. The summed E-state index contributed by atoms with van der Waals surface area (Å²) in [6.45, 7) is 1.46. The van der Waals surface area contributed by atoms with Crippen LogP contribution < -0.4 is 10.2 Å². The molecule has 0 aromatic heterocycles. The van der Waals surface area contributed by atoms with Crippen LogP contribution in [0.5, 0.6) is 0 Å². The fraction of sp³-hybridized carbons (Fsp3) is 0.333. The fourth-order valence-corrected chi connectivity index (χ4v) is 3.35. The molecule has 0 bridgehead atoms. The number of amides is 1. The van der Waals surface area contributed by atoms with Crippen LogP contribution >= 0.6 is 0 Å². The fourth-order valence-electron chi connectivity index (χ4n) is 3.35. The van der Waals surface area contributed by atoms with E-state index in [4.69, 9.17) is 4.74 Å². The van der Waals surface area contributed by atoms with E-state index in [1.165, 1.54) is 30.2 Å². The van der Waals surface area contributed by atoms with Crippen LogP contribution in [0.15, 0.2) is 36.4 Å². The van der Waals surface area contributed by atoms with Crippen LogP contribution in [-0.4, -0.2) is 37.0 Å². The molecule has 2 aromatic carbocycles. The quantitative estimate of drug-likeness (QED) is 0.456. The Balaban J connectivity index is 1.67. The molecule has 1 N–H and O–H groups in total. The number of nitro groups is 1. The minimum absolute atomic E-state index is 0.0134. The molecular formula is C21H23N3O5. The largest absolute Gasteiger partial charge is 0.449 e. The highest BCUT2D eigenvalue weighted by Crippen LogP contribution is 2.28. The topological polar surface area (TPSA) is 102 Å². The van der Waals surface area contributed by atoms with Gasteiger partial charge in [0.1, 0.15) is 5.69 Å². The van der Waals surface area contributed by atoms with E-state index in [1.807, 2.05) is 18.2 Å². The number of nitrogens with one attached hydrogen (secondary N) is 1. The van der Waals surface area contributed by atoms with Crippen LogP contribution in [0.25, 0.3) is 0 Å². The van der Waals surface area contributed by atoms with Crippen molar-refractivity contribution in [3.8, 4) is 0 Å². The lowest BCUT2D eigenvalue weighted by Gasteiger charge is -2.15. The van der Waals surface area contributed by atoms with Crippen molar-refractivity contribution >= 4 is 28.9 Å². The van der Waals surface area contributed by atoms with Crippen molar-refractivity contribution in [2.75, 3.05) is 24.3 Å². The molecule has 0 radical (unpaired) electrons. The summed E-state index contributed by atoms with van der Waals surface area (Å²) in [6, 6.07) is 9.85. The number of hydrogen-bond acceptors (Lipinski definition) is 6. The lowest BCUT2D eigenvalue weighted by atomic mass is 10.1. The Morgan fingerprint density at radius 1 is 1.14 bits per heavy atom. The predicted octanol–water partition coefficient (Wildman–Crippen LogP) is 3.33. The third-order valence-electron chi connectivity index (χ3n) is 4.91. The van der Waals surface area contributed by atoms with Gasteiger partial charge in [0, 0.05) is 25.8 Å². The Morgan fingerprint density at radius 2 is 1.86 bits per heavy atom. The molecule has 0 saturated heterocycles. The van der Waals surface area contributed by atoms with Gasteiger partial charge in [-0.1, -0.05) is 6.07 Å². The molecule has 2 aromatic rings. The van der Waals surface area contributed by atoms with Crippen LogP contribution in [-0.2, 0) is 22.4 Å². The summed E-state index contributed by atoms with van der Waals surface area (Å²) in [5, 5.41) is 14.0. The molecule has 0 heterocycles.